The molecule has 0 fully saturated rings. The molecule has 1 heterocycles. The molecule has 0 spiro atoms. The Morgan fingerprint density at radius 3 is 2.39 bits per heavy atom. The van der Waals surface area contributed by atoms with Gasteiger partial charge < -0.3 is 5.32 Å². The molecular formula is C22H23NO3S2. The van der Waals surface area contributed by atoms with E-state index in [-0.39, 0.29) is 22.6 Å². The van der Waals surface area contributed by atoms with Gasteiger partial charge in [-0.05, 0) is 62.2 Å². The molecule has 146 valence electrons. The van der Waals surface area contributed by atoms with E-state index in [2.05, 4.69) is 11.4 Å². The third-order valence-electron chi connectivity index (χ3n) is 4.54. The second-order valence-electron chi connectivity index (χ2n) is 6.84. The lowest BCUT2D eigenvalue weighted by Gasteiger charge is -2.14. The fourth-order valence-corrected chi connectivity index (χ4v) is 5.55. The zero-order chi connectivity index (χ0) is 20.3. The summed E-state index contributed by atoms with van der Waals surface area (Å²) in [6.07, 6.45) is 0. The summed E-state index contributed by atoms with van der Waals surface area (Å²) in [4.78, 5) is 15.4. The summed E-state index contributed by atoms with van der Waals surface area (Å²) >= 11 is 1.71. The Hall–Kier alpha value is -2.44. The van der Waals surface area contributed by atoms with Crippen LogP contribution in [0.4, 0.5) is 0 Å². The largest absolute Gasteiger partial charge is 0.345 e. The van der Waals surface area contributed by atoms with Crippen LogP contribution < -0.4 is 5.32 Å². The van der Waals surface area contributed by atoms with Gasteiger partial charge in [0.15, 0.2) is 9.84 Å². The molecule has 6 heteroatoms. The summed E-state index contributed by atoms with van der Waals surface area (Å²) in [6.45, 7) is 6.05. The van der Waals surface area contributed by atoms with Gasteiger partial charge in [-0.3, -0.25) is 4.79 Å². The van der Waals surface area contributed by atoms with Crippen molar-refractivity contribution in [2.45, 2.75) is 37.5 Å². The van der Waals surface area contributed by atoms with Gasteiger partial charge in [-0.15, -0.1) is 11.3 Å². The maximum absolute atomic E-state index is 12.7. The monoisotopic (exact) mass is 413 g/mol. The molecule has 0 aliphatic rings. The van der Waals surface area contributed by atoms with Crippen LogP contribution in [0.15, 0.2) is 65.6 Å². The van der Waals surface area contributed by atoms with Gasteiger partial charge in [0.2, 0.25) is 0 Å². The fourth-order valence-electron chi connectivity index (χ4n) is 3.17. The highest BCUT2D eigenvalue weighted by molar-refractivity contribution is 7.90. The Morgan fingerprint density at radius 2 is 1.75 bits per heavy atom. The van der Waals surface area contributed by atoms with Gasteiger partial charge in [0, 0.05) is 15.3 Å². The number of carbonyl (C=O) groups is 1. The van der Waals surface area contributed by atoms with Crippen LogP contribution in [0, 0.1) is 13.8 Å². The average molecular weight is 414 g/mol. The SMILES string of the molecule is Cc1cc(C(C)NC(=O)c2cccc(CS(=O)(=O)c3ccccc3)c2)c(C)s1. The highest BCUT2D eigenvalue weighted by atomic mass is 32.2. The van der Waals surface area contributed by atoms with Crippen molar-refractivity contribution in [2.24, 2.45) is 0 Å². The Labute approximate surface area is 170 Å². The van der Waals surface area contributed by atoms with Gasteiger partial charge in [-0.1, -0.05) is 30.3 Å². The fraction of sp³-hybridized carbons (Fsp3) is 0.227. The first-order chi connectivity index (χ1) is 13.3. The normalized spacial score (nSPS) is 12.5. The van der Waals surface area contributed by atoms with Gasteiger partial charge >= 0.3 is 0 Å². The lowest BCUT2D eigenvalue weighted by molar-refractivity contribution is 0.0939. The standard InChI is InChI=1S/C22H23NO3S2/c1-15-12-21(17(3)27-15)16(2)23-22(24)19-9-7-8-18(13-19)14-28(25,26)20-10-5-4-6-11-20/h4-13,16H,14H2,1-3H3,(H,23,24). The van der Waals surface area contributed by atoms with E-state index >= 15 is 0 Å². The lowest BCUT2D eigenvalue weighted by atomic mass is 10.1. The van der Waals surface area contributed by atoms with Crippen molar-refractivity contribution in [1.82, 2.24) is 5.32 Å². The maximum atomic E-state index is 12.7. The van der Waals surface area contributed by atoms with Crippen molar-refractivity contribution in [3.63, 3.8) is 0 Å². The van der Waals surface area contributed by atoms with Gasteiger partial charge in [-0.25, -0.2) is 8.42 Å². The van der Waals surface area contributed by atoms with Crippen LogP contribution in [0.25, 0.3) is 0 Å². The Morgan fingerprint density at radius 1 is 1.04 bits per heavy atom. The first-order valence-electron chi connectivity index (χ1n) is 9.01. The summed E-state index contributed by atoms with van der Waals surface area (Å²) in [5.41, 5.74) is 2.16. The van der Waals surface area contributed by atoms with Crippen molar-refractivity contribution in [1.29, 1.82) is 0 Å². The predicted octanol–water partition coefficient (Wildman–Crippen LogP) is 4.83. The molecule has 1 unspecified atom stereocenters. The minimum Gasteiger partial charge on any atom is -0.345 e. The van der Waals surface area contributed by atoms with Crippen LogP contribution >= 0.6 is 11.3 Å². The Kier molecular flexibility index (Phi) is 6.01. The molecule has 3 rings (SSSR count). The molecule has 3 aromatic rings. The molecule has 2 aromatic carbocycles. The van der Waals surface area contributed by atoms with Crippen LogP contribution in [0.2, 0.25) is 0 Å². The first-order valence-corrected chi connectivity index (χ1v) is 11.5. The summed E-state index contributed by atoms with van der Waals surface area (Å²) in [6, 6.07) is 17.1. The van der Waals surface area contributed by atoms with Crippen LogP contribution in [0.5, 0.6) is 0 Å². The number of nitrogens with one attached hydrogen (secondary N) is 1. The third kappa shape index (κ3) is 4.69. The van der Waals surface area contributed by atoms with Crippen molar-refractivity contribution >= 4 is 27.1 Å². The average Bonchev–Trinajstić information content (AvgIpc) is 3.00. The van der Waals surface area contributed by atoms with Crippen LogP contribution in [0.1, 0.15) is 44.2 Å². The van der Waals surface area contributed by atoms with Crippen LogP contribution in [0.3, 0.4) is 0 Å². The Bertz CT molecular complexity index is 1090. The van der Waals surface area contributed by atoms with Gasteiger partial charge in [0.1, 0.15) is 0 Å². The second-order valence-corrected chi connectivity index (χ2v) is 10.3. The quantitative estimate of drug-likeness (QED) is 0.629. The summed E-state index contributed by atoms with van der Waals surface area (Å²) in [7, 11) is -3.46. The number of hydrogen-bond donors (Lipinski definition) is 1. The minimum absolute atomic E-state index is 0.117. The summed E-state index contributed by atoms with van der Waals surface area (Å²) in [5.74, 6) is -0.356. The van der Waals surface area contributed by atoms with Crippen LogP contribution in [-0.2, 0) is 15.6 Å². The zero-order valence-electron chi connectivity index (χ0n) is 16.1. The molecule has 0 saturated carbocycles. The smallest absolute Gasteiger partial charge is 0.251 e. The van der Waals surface area contributed by atoms with Gasteiger partial charge in [-0.2, -0.15) is 0 Å². The molecule has 0 aliphatic heterocycles. The first kappa shape index (κ1) is 20.3. The molecule has 0 aliphatic carbocycles. The third-order valence-corrected chi connectivity index (χ3v) is 7.23. The number of rotatable bonds is 6. The number of benzene rings is 2. The summed E-state index contributed by atoms with van der Waals surface area (Å²) in [5, 5.41) is 3.01. The van der Waals surface area contributed by atoms with E-state index in [0.717, 1.165) is 5.56 Å². The molecule has 0 radical (unpaired) electrons. The number of amides is 1. The molecular weight excluding hydrogens is 390 g/mol. The van der Waals surface area contributed by atoms with E-state index in [1.165, 1.54) is 9.75 Å². The van der Waals surface area contributed by atoms with E-state index in [1.807, 2.05) is 20.8 Å². The highest BCUT2D eigenvalue weighted by Crippen LogP contribution is 2.26. The van der Waals surface area contributed by atoms with E-state index in [9.17, 15) is 13.2 Å². The minimum atomic E-state index is -3.46. The predicted molar refractivity (Wildman–Crippen MR) is 113 cm³/mol. The van der Waals surface area contributed by atoms with E-state index < -0.39 is 9.84 Å². The van der Waals surface area contributed by atoms with Gasteiger partial charge in [0.05, 0.1) is 16.7 Å². The van der Waals surface area contributed by atoms with Crippen molar-refractivity contribution in [3.05, 3.63) is 87.1 Å². The number of carbonyl (C=O) groups excluding carboxylic acids is 1. The number of sulfone groups is 1. The molecule has 1 aromatic heterocycles. The zero-order valence-corrected chi connectivity index (χ0v) is 17.7. The highest BCUT2D eigenvalue weighted by Gasteiger charge is 2.18. The maximum Gasteiger partial charge on any atom is 0.251 e. The summed E-state index contributed by atoms with van der Waals surface area (Å²) < 4.78 is 25.2. The van der Waals surface area contributed by atoms with Crippen molar-refractivity contribution < 1.29 is 13.2 Å². The Balaban J connectivity index is 1.75. The van der Waals surface area contributed by atoms with E-state index in [4.69, 9.17) is 0 Å². The second kappa shape index (κ2) is 8.29. The molecule has 4 nitrogen and oxygen atoms in total. The van der Waals surface area contributed by atoms with Crippen molar-refractivity contribution in [2.75, 3.05) is 0 Å². The van der Waals surface area contributed by atoms with Crippen molar-refractivity contribution in [3.8, 4) is 0 Å². The molecule has 0 bridgehead atoms. The molecule has 1 atom stereocenters. The van der Waals surface area contributed by atoms with E-state index in [1.54, 1.807) is 65.9 Å². The number of thiophene rings is 1. The number of aryl methyl sites for hydroxylation is 2. The topological polar surface area (TPSA) is 63.2 Å². The molecule has 0 saturated heterocycles. The molecule has 28 heavy (non-hydrogen) atoms. The lowest BCUT2D eigenvalue weighted by Crippen LogP contribution is -2.26. The molecule has 1 N–H and O–H groups in total. The molecule has 1 amide bonds. The number of hydrogen-bond acceptors (Lipinski definition) is 4. The van der Waals surface area contributed by atoms with E-state index in [0.29, 0.717) is 11.1 Å². The van der Waals surface area contributed by atoms with Gasteiger partial charge in [0.25, 0.3) is 5.91 Å². The van der Waals surface area contributed by atoms with Crippen LogP contribution in [-0.4, -0.2) is 14.3 Å².